The fourth-order valence-corrected chi connectivity index (χ4v) is 3.24. The van der Waals surface area contributed by atoms with Crippen molar-refractivity contribution in [2.24, 2.45) is 0 Å². The Morgan fingerprint density at radius 3 is 2.32 bits per heavy atom. The van der Waals surface area contributed by atoms with Crippen LogP contribution in [-0.4, -0.2) is 45.2 Å². The predicted molar refractivity (Wildman–Crippen MR) is 121 cm³/mol. The topological polar surface area (TPSA) is 72.0 Å². The van der Waals surface area contributed by atoms with E-state index in [-0.39, 0.29) is 22.8 Å². The zero-order valence-corrected chi connectivity index (χ0v) is 18.9. The first-order valence-electron chi connectivity index (χ1n) is 9.99. The average Bonchev–Trinajstić information content (AvgIpc) is 3.05. The minimum Gasteiger partial charge on any atom is -0.465 e. The van der Waals surface area contributed by atoms with Crippen molar-refractivity contribution >= 4 is 23.4 Å². The van der Waals surface area contributed by atoms with Gasteiger partial charge in [0.15, 0.2) is 0 Å². The number of alkyl halides is 3. The summed E-state index contributed by atoms with van der Waals surface area (Å²) in [5.74, 6) is -1.41. The van der Waals surface area contributed by atoms with Gasteiger partial charge in [0.25, 0.3) is 0 Å². The van der Waals surface area contributed by atoms with E-state index in [1.807, 2.05) is 0 Å². The second-order valence-corrected chi connectivity index (χ2v) is 7.36. The second-order valence-electron chi connectivity index (χ2n) is 7.36. The third-order valence-corrected chi connectivity index (χ3v) is 4.91. The molecule has 0 saturated carbocycles. The molecular weight excluding hydrogens is 451 g/mol. The van der Waals surface area contributed by atoms with Crippen LogP contribution in [0.3, 0.4) is 0 Å². The number of aromatic nitrogens is 1. The van der Waals surface area contributed by atoms with Crippen LogP contribution >= 0.6 is 0 Å². The van der Waals surface area contributed by atoms with Crippen molar-refractivity contribution in [2.45, 2.75) is 6.18 Å². The van der Waals surface area contributed by atoms with Gasteiger partial charge in [-0.05, 0) is 36.4 Å². The van der Waals surface area contributed by atoms with Gasteiger partial charge in [-0.2, -0.15) is 13.2 Å². The Bertz CT molecular complexity index is 1200. The standard InChI is InChI=1S/C24H22F3N3O4/c1-29(2)20-14-16(24(25,26)27)13-19(28-20)15-8-7-9-17(12-15)30-11-6-5-10-18(22(31)33-3)21(30)23(32)34-4/h5-14H,1-4H3. The van der Waals surface area contributed by atoms with Gasteiger partial charge in [-0.15, -0.1) is 0 Å². The van der Waals surface area contributed by atoms with Crippen LogP contribution in [0.15, 0.2) is 72.1 Å². The number of hydrogen-bond donors (Lipinski definition) is 0. The fourth-order valence-electron chi connectivity index (χ4n) is 3.24. The predicted octanol–water partition coefficient (Wildman–Crippen LogP) is 4.32. The van der Waals surface area contributed by atoms with Crippen LogP contribution in [0.5, 0.6) is 0 Å². The molecule has 1 aromatic heterocycles. The summed E-state index contributed by atoms with van der Waals surface area (Å²) in [7, 11) is 5.55. The van der Waals surface area contributed by atoms with Crippen LogP contribution in [-0.2, 0) is 25.2 Å². The highest BCUT2D eigenvalue weighted by atomic mass is 19.4. The number of anilines is 2. The van der Waals surface area contributed by atoms with E-state index in [2.05, 4.69) is 4.98 Å². The van der Waals surface area contributed by atoms with E-state index in [0.717, 1.165) is 12.1 Å². The monoisotopic (exact) mass is 473 g/mol. The largest absolute Gasteiger partial charge is 0.465 e. The molecular formula is C24H22F3N3O4. The number of carbonyl (C=O) groups is 2. The Morgan fingerprint density at radius 2 is 1.71 bits per heavy atom. The number of hydrogen-bond acceptors (Lipinski definition) is 7. The Labute approximate surface area is 194 Å². The minimum absolute atomic E-state index is 0.0446. The van der Waals surface area contributed by atoms with Gasteiger partial charge in [0.1, 0.15) is 11.5 Å². The molecule has 0 N–H and O–H groups in total. The molecule has 0 bridgehead atoms. The summed E-state index contributed by atoms with van der Waals surface area (Å²) in [6.07, 6.45) is 1.53. The number of benzene rings is 1. The maximum atomic E-state index is 13.5. The van der Waals surface area contributed by atoms with Crippen LogP contribution in [0.2, 0.25) is 0 Å². The molecule has 0 atom stereocenters. The molecule has 2 heterocycles. The summed E-state index contributed by atoms with van der Waals surface area (Å²) in [6.45, 7) is 0. The molecule has 0 aliphatic carbocycles. The molecule has 0 amide bonds. The van der Waals surface area contributed by atoms with Crippen LogP contribution < -0.4 is 9.80 Å². The maximum Gasteiger partial charge on any atom is 0.416 e. The first-order chi connectivity index (χ1) is 16.1. The lowest BCUT2D eigenvalue weighted by Gasteiger charge is -2.23. The van der Waals surface area contributed by atoms with Crippen molar-refractivity contribution < 1.29 is 32.2 Å². The minimum atomic E-state index is -4.56. The lowest BCUT2D eigenvalue weighted by Crippen LogP contribution is -2.27. The number of halogens is 3. The molecule has 3 rings (SSSR count). The van der Waals surface area contributed by atoms with Crippen molar-refractivity contribution in [1.29, 1.82) is 0 Å². The molecule has 178 valence electrons. The highest BCUT2D eigenvalue weighted by Crippen LogP contribution is 2.35. The molecule has 0 fully saturated rings. The lowest BCUT2D eigenvalue weighted by atomic mass is 10.1. The molecule has 2 aromatic rings. The van der Waals surface area contributed by atoms with Crippen LogP contribution in [0, 0.1) is 0 Å². The van der Waals surface area contributed by atoms with E-state index >= 15 is 0 Å². The average molecular weight is 473 g/mol. The van der Waals surface area contributed by atoms with E-state index in [4.69, 9.17) is 9.47 Å². The normalized spacial score (nSPS) is 13.6. The summed E-state index contributed by atoms with van der Waals surface area (Å²) >= 11 is 0. The van der Waals surface area contributed by atoms with Crippen LogP contribution in [0.4, 0.5) is 24.7 Å². The van der Waals surface area contributed by atoms with Gasteiger partial charge < -0.3 is 19.3 Å². The summed E-state index contributed by atoms with van der Waals surface area (Å²) in [5, 5.41) is 0. The number of ether oxygens (including phenoxy) is 2. The summed E-state index contributed by atoms with van der Waals surface area (Å²) < 4.78 is 50.2. The Morgan fingerprint density at radius 1 is 1.00 bits per heavy atom. The molecule has 0 unspecified atom stereocenters. The van der Waals surface area contributed by atoms with Gasteiger partial charge in [-0.1, -0.05) is 18.2 Å². The van der Waals surface area contributed by atoms with Crippen LogP contribution in [0.1, 0.15) is 5.56 Å². The van der Waals surface area contributed by atoms with Crippen molar-refractivity contribution in [2.75, 3.05) is 38.1 Å². The van der Waals surface area contributed by atoms with Crippen molar-refractivity contribution in [3.05, 3.63) is 77.7 Å². The Balaban J connectivity index is 2.18. The van der Waals surface area contributed by atoms with Crippen molar-refractivity contribution in [1.82, 2.24) is 4.98 Å². The van der Waals surface area contributed by atoms with E-state index in [9.17, 15) is 22.8 Å². The smallest absolute Gasteiger partial charge is 0.416 e. The van der Waals surface area contributed by atoms with Gasteiger partial charge in [-0.25, -0.2) is 14.6 Å². The molecule has 1 aromatic carbocycles. The molecule has 34 heavy (non-hydrogen) atoms. The molecule has 1 aliphatic rings. The zero-order valence-electron chi connectivity index (χ0n) is 18.9. The Kier molecular flexibility index (Phi) is 7.09. The second kappa shape index (κ2) is 9.82. The number of allylic oxidation sites excluding steroid dienone is 2. The van der Waals surface area contributed by atoms with Crippen LogP contribution in [0.25, 0.3) is 11.3 Å². The quantitative estimate of drug-likeness (QED) is 0.599. The third-order valence-electron chi connectivity index (χ3n) is 4.91. The SMILES string of the molecule is COC(=O)C1=C(C(=O)OC)N(c2cccc(-c3cc(C(F)(F)F)cc(N(C)C)n3)c2)C=CC=C1. The van der Waals surface area contributed by atoms with Gasteiger partial charge in [-0.3, -0.25) is 0 Å². The molecule has 7 nitrogen and oxygen atoms in total. The van der Waals surface area contributed by atoms with E-state index < -0.39 is 23.7 Å². The van der Waals surface area contributed by atoms with E-state index in [0.29, 0.717) is 11.3 Å². The Hall–Kier alpha value is -4.08. The fraction of sp³-hybridized carbons (Fsp3) is 0.208. The molecule has 0 saturated heterocycles. The molecule has 1 aliphatic heterocycles. The van der Waals surface area contributed by atoms with Gasteiger partial charge in [0.05, 0.1) is 31.1 Å². The first kappa shape index (κ1) is 24.6. The number of nitrogens with zero attached hydrogens (tertiary/aromatic N) is 3. The first-order valence-corrected chi connectivity index (χ1v) is 9.99. The summed E-state index contributed by atoms with van der Waals surface area (Å²) in [6, 6.07) is 8.35. The number of esters is 2. The maximum absolute atomic E-state index is 13.5. The summed E-state index contributed by atoms with van der Waals surface area (Å²) in [5.41, 5.74) is -0.131. The molecule has 10 heteroatoms. The molecule has 0 spiro atoms. The highest BCUT2D eigenvalue weighted by molar-refractivity contribution is 6.05. The molecule has 0 radical (unpaired) electrons. The lowest BCUT2D eigenvalue weighted by molar-refractivity contribution is -0.139. The number of carbonyl (C=O) groups excluding carboxylic acids is 2. The number of pyridine rings is 1. The summed E-state index contributed by atoms with van der Waals surface area (Å²) in [4.78, 5) is 32.2. The third kappa shape index (κ3) is 5.11. The number of methoxy groups -OCH3 is 2. The van der Waals surface area contributed by atoms with Gasteiger partial charge in [0, 0.05) is 31.5 Å². The highest BCUT2D eigenvalue weighted by Gasteiger charge is 2.32. The van der Waals surface area contributed by atoms with E-state index in [1.165, 1.54) is 36.3 Å². The van der Waals surface area contributed by atoms with Gasteiger partial charge >= 0.3 is 18.1 Å². The van der Waals surface area contributed by atoms with E-state index in [1.54, 1.807) is 50.5 Å². The van der Waals surface area contributed by atoms with Crippen molar-refractivity contribution in [3.8, 4) is 11.3 Å². The zero-order chi connectivity index (χ0) is 25.0. The van der Waals surface area contributed by atoms with Gasteiger partial charge in [0.2, 0.25) is 0 Å². The van der Waals surface area contributed by atoms with Crippen molar-refractivity contribution in [3.63, 3.8) is 0 Å². The number of rotatable bonds is 5.